The molecule has 0 spiro atoms. The minimum atomic E-state index is -0.313. The summed E-state index contributed by atoms with van der Waals surface area (Å²) in [6.07, 6.45) is 4.85. The number of hydrazone groups is 1. The number of hydrogen-bond donors (Lipinski definition) is 1. The Bertz CT molecular complexity index is 597. The monoisotopic (exact) mass is 269 g/mol. The zero-order chi connectivity index (χ0) is 14.2. The highest BCUT2D eigenvalue weighted by Gasteiger charge is 2.01. The molecule has 2 rings (SSSR count). The predicted octanol–water partition coefficient (Wildman–Crippen LogP) is 1.92. The van der Waals surface area contributed by atoms with E-state index in [2.05, 4.69) is 15.5 Å². The van der Waals surface area contributed by atoms with Gasteiger partial charge in [0.15, 0.2) is 6.61 Å². The highest BCUT2D eigenvalue weighted by atomic mass is 16.5. The van der Waals surface area contributed by atoms with E-state index in [1.165, 1.54) is 6.21 Å². The predicted molar refractivity (Wildman–Crippen MR) is 76.6 cm³/mol. The number of ether oxygens (including phenoxy) is 1. The van der Waals surface area contributed by atoms with Gasteiger partial charge in [0, 0.05) is 18.0 Å². The number of carbonyl (C=O) groups is 1. The largest absolute Gasteiger partial charge is 0.484 e. The molecule has 0 saturated heterocycles. The first-order chi connectivity index (χ1) is 9.74. The second-order valence-corrected chi connectivity index (χ2v) is 4.18. The van der Waals surface area contributed by atoms with Gasteiger partial charge in [0.2, 0.25) is 0 Å². The fourth-order valence-electron chi connectivity index (χ4n) is 1.52. The molecule has 0 radical (unpaired) electrons. The van der Waals surface area contributed by atoms with Crippen molar-refractivity contribution in [2.24, 2.45) is 5.10 Å². The molecule has 2 aromatic rings. The molecule has 0 bridgehead atoms. The number of pyridine rings is 1. The number of amides is 1. The Kier molecular flexibility index (Phi) is 4.83. The zero-order valence-corrected chi connectivity index (χ0v) is 11.1. The highest BCUT2D eigenvalue weighted by molar-refractivity contribution is 5.82. The first-order valence-electron chi connectivity index (χ1n) is 6.15. The van der Waals surface area contributed by atoms with E-state index in [0.717, 1.165) is 11.1 Å². The van der Waals surface area contributed by atoms with Crippen LogP contribution in [0.3, 0.4) is 0 Å². The summed E-state index contributed by atoms with van der Waals surface area (Å²) in [5, 5.41) is 3.83. The van der Waals surface area contributed by atoms with Crippen LogP contribution >= 0.6 is 0 Å². The lowest BCUT2D eigenvalue weighted by Gasteiger charge is -2.05. The molecule has 0 unspecified atom stereocenters. The van der Waals surface area contributed by atoms with Crippen LogP contribution in [0.25, 0.3) is 0 Å². The Morgan fingerprint density at radius 2 is 2.30 bits per heavy atom. The third-order valence-corrected chi connectivity index (χ3v) is 2.45. The van der Waals surface area contributed by atoms with Crippen molar-refractivity contribution >= 4 is 12.1 Å². The van der Waals surface area contributed by atoms with Gasteiger partial charge in [-0.3, -0.25) is 9.78 Å². The number of benzene rings is 1. The topological polar surface area (TPSA) is 63.6 Å². The molecule has 5 heteroatoms. The van der Waals surface area contributed by atoms with Crippen LogP contribution < -0.4 is 10.2 Å². The molecule has 1 aromatic heterocycles. The third kappa shape index (κ3) is 4.53. The maximum atomic E-state index is 11.5. The Morgan fingerprint density at radius 3 is 3.05 bits per heavy atom. The third-order valence-electron chi connectivity index (χ3n) is 2.45. The van der Waals surface area contributed by atoms with Crippen LogP contribution in [0.15, 0.2) is 53.9 Å². The van der Waals surface area contributed by atoms with Crippen LogP contribution in [-0.4, -0.2) is 23.7 Å². The molecule has 20 heavy (non-hydrogen) atoms. The maximum absolute atomic E-state index is 11.5. The van der Waals surface area contributed by atoms with Crippen LogP contribution in [-0.2, 0) is 4.79 Å². The highest BCUT2D eigenvalue weighted by Crippen LogP contribution is 2.11. The van der Waals surface area contributed by atoms with Gasteiger partial charge in [-0.1, -0.05) is 18.2 Å². The molecular formula is C15H15N3O2. The Morgan fingerprint density at radius 1 is 1.40 bits per heavy atom. The van der Waals surface area contributed by atoms with Crippen molar-refractivity contribution in [3.05, 3.63) is 59.9 Å². The first kappa shape index (κ1) is 13.7. The smallest absolute Gasteiger partial charge is 0.277 e. The second kappa shape index (κ2) is 7.04. The van der Waals surface area contributed by atoms with Crippen molar-refractivity contribution < 1.29 is 9.53 Å². The quantitative estimate of drug-likeness (QED) is 0.666. The molecule has 1 heterocycles. The lowest BCUT2D eigenvalue weighted by Crippen LogP contribution is -2.24. The molecule has 0 aliphatic heterocycles. The van der Waals surface area contributed by atoms with Gasteiger partial charge in [-0.15, -0.1) is 0 Å². The number of nitrogens with one attached hydrogen (secondary N) is 1. The van der Waals surface area contributed by atoms with E-state index >= 15 is 0 Å². The molecule has 1 amide bonds. The van der Waals surface area contributed by atoms with Crippen LogP contribution in [0, 0.1) is 6.92 Å². The molecule has 0 aliphatic rings. The van der Waals surface area contributed by atoms with Crippen molar-refractivity contribution in [1.82, 2.24) is 10.4 Å². The van der Waals surface area contributed by atoms with E-state index in [4.69, 9.17) is 4.74 Å². The van der Waals surface area contributed by atoms with Gasteiger partial charge in [-0.2, -0.15) is 5.10 Å². The van der Waals surface area contributed by atoms with Crippen molar-refractivity contribution in [1.29, 1.82) is 0 Å². The number of carbonyl (C=O) groups excluding carboxylic acids is 1. The Labute approximate surface area is 117 Å². The van der Waals surface area contributed by atoms with Gasteiger partial charge in [0.25, 0.3) is 5.91 Å². The Hall–Kier alpha value is -2.69. The minimum Gasteiger partial charge on any atom is -0.484 e. The number of rotatable bonds is 5. The van der Waals surface area contributed by atoms with Gasteiger partial charge in [-0.05, 0) is 30.7 Å². The average molecular weight is 269 g/mol. The number of nitrogens with zero attached hydrogens (tertiary/aromatic N) is 2. The fraction of sp³-hybridized carbons (Fsp3) is 0.133. The van der Waals surface area contributed by atoms with Gasteiger partial charge in [0.1, 0.15) is 5.75 Å². The van der Waals surface area contributed by atoms with Gasteiger partial charge in [-0.25, -0.2) is 5.43 Å². The normalized spacial score (nSPS) is 10.4. The molecule has 0 saturated carbocycles. The molecule has 0 aliphatic carbocycles. The summed E-state index contributed by atoms with van der Waals surface area (Å²) in [6, 6.07) is 11.1. The molecular weight excluding hydrogens is 254 g/mol. The molecule has 102 valence electrons. The maximum Gasteiger partial charge on any atom is 0.277 e. The van der Waals surface area contributed by atoms with E-state index in [0.29, 0.717) is 5.75 Å². The van der Waals surface area contributed by atoms with Gasteiger partial charge >= 0.3 is 0 Å². The van der Waals surface area contributed by atoms with Crippen molar-refractivity contribution in [2.75, 3.05) is 6.61 Å². The van der Waals surface area contributed by atoms with Crippen LogP contribution in [0.4, 0.5) is 0 Å². The standard InChI is InChI=1S/C15H15N3O2/c1-12-4-2-6-14(8-12)20-11-15(19)18-17-10-13-5-3-7-16-9-13/h2-10H,11H2,1H3,(H,18,19)/b17-10-. The van der Waals surface area contributed by atoms with E-state index in [9.17, 15) is 4.79 Å². The van der Waals surface area contributed by atoms with Crippen LogP contribution in [0.2, 0.25) is 0 Å². The lowest BCUT2D eigenvalue weighted by atomic mass is 10.2. The van der Waals surface area contributed by atoms with Crippen molar-refractivity contribution in [3.8, 4) is 5.75 Å². The van der Waals surface area contributed by atoms with E-state index in [-0.39, 0.29) is 12.5 Å². The summed E-state index contributed by atoms with van der Waals surface area (Å²) in [5.41, 5.74) is 4.29. The Balaban J connectivity index is 1.77. The SMILES string of the molecule is Cc1cccc(OCC(=O)N/N=C\c2cccnc2)c1. The summed E-state index contributed by atoms with van der Waals surface area (Å²) in [6.45, 7) is 1.89. The summed E-state index contributed by atoms with van der Waals surface area (Å²) in [7, 11) is 0. The van der Waals surface area contributed by atoms with Crippen molar-refractivity contribution in [3.63, 3.8) is 0 Å². The van der Waals surface area contributed by atoms with Crippen molar-refractivity contribution in [2.45, 2.75) is 6.92 Å². The molecule has 1 N–H and O–H groups in total. The summed E-state index contributed by atoms with van der Waals surface area (Å²) in [4.78, 5) is 15.5. The number of aryl methyl sites for hydroxylation is 1. The van der Waals surface area contributed by atoms with Crippen LogP contribution in [0.1, 0.15) is 11.1 Å². The summed E-state index contributed by atoms with van der Waals surface area (Å²) >= 11 is 0. The zero-order valence-electron chi connectivity index (χ0n) is 11.1. The number of hydrogen-bond acceptors (Lipinski definition) is 4. The lowest BCUT2D eigenvalue weighted by molar-refractivity contribution is -0.123. The van der Waals surface area contributed by atoms with Gasteiger partial charge in [0.05, 0.1) is 6.21 Å². The number of aromatic nitrogens is 1. The summed E-state index contributed by atoms with van der Waals surface area (Å²) < 4.78 is 5.35. The molecule has 0 atom stereocenters. The first-order valence-corrected chi connectivity index (χ1v) is 6.15. The van der Waals surface area contributed by atoms with Crippen LogP contribution in [0.5, 0.6) is 5.75 Å². The van der Waals surface area contributed by atoms with Gasteiger partial charge < -0.3 is 4.74 Å². The fourth-order valence-corrected chi connectivity index (χ4v) is 1.52. The van der Waals surface area contributed by atoms with E-state index < -0.39 is 0 Å². The molecule has 1 aromatic carbocycles. The summed E-state index contributed by atoms with van der Waals surface area (Å²) in [5.74, 6) is 0.350. The van der Waals surface area contributed by atoms with E-state index in [1.54, 1.807) is 24.5 Å². The average Bonchev–Trinajstić information content (AvgIpc) is 2.46. The van der Waals surface area contributed by atoms with E-state index in [1.807, 2.05) is 31.2 Å². The molecule has 5 nitrogen and oxygen atoms in total. The minimum absolute atomic E-state index is 0.0756. The molecule has 0 fully saturated rings. The second-order valence-electron chi connectivity index (χ2n) is 4.18.